The summed E-state index contributed by atoms with van der Waals surface area (Å²) in [6.07, 6.45) is 2.68. The molecule has 0 aliphatic carbocycles. The van der Waals surface area contributed by atoms with E-state index in [9.17, 15) is 9.59 Å². The zero-order chi connectivity index (χ0) is 19.1. The van der Waals surface area contributed by atoms with Crippen LogP contribution in [0.1, 0.15) is 26.5 Å². The number of hydrogen-bond donors (Lipinski definition) is 2. The molecule has 3 rings (SSSR count). The summed E-state index contributed by atoms with van der Waals surface area (Å²) in [5, 5.41) is 5.49. The van der Waals surface area contributed by atoms with Crippen molar-refractivity contribution in [1.82, 2.24) is 15.3 Å². The summed E-state index contributed by atoms with van der Waals surface area (Å²) in [5.41, 5.74) is 4.58. The van der Waals surface area contributed by atoms with E-state index in [1.165, 1.54) is 11.3 Å². The summed E-state index contributed by atoms with van der Waals surface area (Å²) in [4.78, 5) is 32.8. The molecule has 138 valence electrons. The average Bonchev–Trinajstić information content (AvgIpc) is 3.20. The van der Waals surface area contributed by atoms with Crippen LogP contribution < -0.4 is 10.6 Å². The van der Waals surface area contributed by atoms with Crippen molar-refractivity contribution in [1.29, 1.82) is 0 Å². The SMILES string of the molecule is Cc1ccc(C(=O)NCc2ccc(NC(=O)OCc3cncs3)cc2)cn1. The fourth-order valence-corrected chi connectivity index (χ4v) is 2.70. The van der Waals surface area contributed by atoms with E-state index in [1.807, 2.05) is 19.1 Å². The highest BCUT2D eigenvalue weighted by Crippen LogP contribution is 2.12. The van der Waals surface area contributed by atoms with Crippen molar-refractivity contribution >= 4 is 29.0 Å². The standard InChI is InChI=1S/C19H18N4O3S/c1-13-2-5-15(9-21-13)18(24)22-8-14-3-6-16(7-4-14)23-19(25)26-11-17-10-20-12-27-17/h2-7,9-10,12H,8,11H2,1H3,(H,22,24)(H,23,25). The predicted octanol–water partition coefficient (Wildman–Crippen LogP) is 3.53. The van der Waals surface area contributed by atoms with Gasteiger partial charge < -0.3 is 10.1 Å². The fourth-order valence-electron chi connectivity index (χ4n) is 2.20. The molecule has 0 atom stereocenters. The number of nitrogens with one attached hydrogen (secondary N) is 2. The van der Waals surface area contributed by atoms with Crippen molar-refractivity contribution in [2.75, 3.05) is 5.32 Å². The summed E-state index contributed by atoms with van der Waals surface area (Å²) in [6, 6.07) is 10.7. The van der Waals surface area contributed by atoms with Crippen molar-refractivity contribution in [3.63, 3.8) is 0 Å². The van der Waals surface area contributed by atoms with E-state index in [0.717, 1.165) is 16.1 Å². The third-order valence-electron chi connectivity index (χ3n) is 3.66. The van der Waals surface area contributed by atoms with Crippen LogP contribution in [0.4, 0.5) is 10.5 Å². The second kappa shape index (κ2) is 8.91. The highest BCUT2D eigenvalue weighted by molar-refractivity contribution is 7.09. The van der Waals surface area contributed by atoms with Crippen molar-refractivity contribution in [3.8, 4) is 0 Å². The van der Waals surface area contributed by atoms with Crippen LogP contribution in [0.15, 0.2) is 54.3 Å². The van der Waals surface area contributed by atoms with Gasteiger partial charge in [0, 0.05) is 30.3 Å². The maximum absolute atomic E-state index is 12.1. The molecule has 0 fully saturated rings. The minimum absolute atomic E-state index is 0.184. The van der Waals surface area contributed by atoms with Crippen molar-refractivity contribution in [2.45, 2.75) is 20.1 Å². The molecule has 2 N–H and O–H groups in total. The van der Waals surface area contributed by atoms with Gasteiger partial charge in [-0.3, -0.25) is 20.1 Å². The maximum atomic E-state index is 12.1. The first-order valence-corrected chi connectivity index (χ1v) is 9.09. The van der Waals surface area contributed by atoms with Crippen molar-refractivity contribution in [2.24, 2.45) is 0 Å². The van der Waals surface area contributed by atoms with Crippen LogP contribution in [0.25, 0.3) is 0 Å². The lowest BCUT2D eigenvalue weighted by Crippen LogP contribution is -2.23. The van der Waals surface area contributed by atoms with Crippen LogP contribution in [0.2, 0.25) is 0 Å². The molecule has 0 spiro atoms. The quantitative estimate of drug-likeness (QED) is 0.680. The number of hydrogen-bond acceptors (Lipinski definition) is 6. The van der Waals surface area contributed by atoms with Crippen LogP contribution in [0, 0.1) is 6.92 Å². The number of rotatable bonds is 6. The monoisotopic (exact) mass is 382 g/mol. The van der Waals surface area contributed by atoms with Crippen molar-refractivity contribution < 1.29 is 14.3 Å². The molecule has 0 aliphatic heterocycles. The molecule has 1 aromatic carbocycles. The molecule has 0 bridgehead atoms. The lowest BCUT2D eigenvalue weighted by atomic mass is 10.2. The Morgan fingerprint density at radius 3 is 2.59 bits per heavy atom. The number of thiazole rings is 1. The number of anilines is 1. The molecule has 0 unspecified atom stereocenters. The van der Waals surface area contributed by atoms with E-state index in [0.29, 0.717) is 17.8 Å². The molecule has 27 heavy (non-hydrogen) atoms. The maximum Gasteiger partial charge on any atom is 0.411 e. The minimum Gasteiger partial charge on any atom is -0.444 e. The molecule has 0 saturated heterocycles. The molecule has 0 saturated carbocycles. The Kier molecular flexibility index (Phi) is 6.11. The van der Waals surface area contributed by atoms with Crippen molar-refractivity contribution in [3.05, 3.63) is 76.0 Å². The Hall–Kier alpha value is -3.26. The number of ether oxygens (including phenoxy) is 1. The first kappa shape index (κ1) is 18.5. The van der Waals surface area contributed by atoms with Gasteiger partial charge in [-0.2, -0.15) is 0 Å². The highest BCUT2D eigenvalue weighted by Gasteiger charge is 2.07. The van der Waals surface area contributed by atoms with Gasteiger partial charge in [-0.25, -0.2) is 4.79 Å². The van der Waals surface area contributed by atoms with E-state index in [-0.39, 0.29) is 12.5 Å². The number of aryl methyl sites for hydroxylation is 1. The molecular formula is C19H18N4O3S. The van der Waals surface area contributed by atoms with Gasteiger partial charge in [0.2, 0.25) is 0 Å². The van der Waals surface area contributed by atoms with Gasteiger partial charge in [0.15, 0.2) is 0 Å². The number of carbonyl (C=O) groups is 2. The summed E-state index contributed by atoms with van der Waals surface area (Å²) < 4.78 is 5.11. The molecule has 2 heterocycles. The number of aromatic nitrogens is 2. The first-order chi connectivity index (χ1) is 13.1. The van der Waals surface area contributed by atoms with E-state index >= 15 is 0 Å². The zero-order valence-electron chi connectivity index (χ0n) is 14.6. The van der Waals surface area contributed by atoms with Crippen LogP contribution in [-0.4, -0.2) is 22.0 Å². The van der Waals surface area contributed by atoms with E-state index in [1.54, 1.807) is 42.2 Å². The Bertz CT molecular complexity index is 894. The third kappa shape index (κ3) is 5.61. The predicted molar refractivity (Wildman–Crippen MR) is 103 cm³/mol. The first-order valence-electron chi connectivity index (χ1n) is 8.21. The van der Waals surface area contributed by atoms with Crippen LogP contribution >= 0.6 is 11.3 Å². The summed E-state index contributed by atoms with van der Waals surface area (Å²) in [7, 11) is 0. The molecule has 0 aliphatic rings. The lowest BCUT2D eigenvalue weighted by molar-refractivity contribution is 0.0950. The highest BCUT2D eigenvalue weighted by atomic mass is 32.1. The largest absolute Gasteiger partial charge is 0.444 e. The summed E-state index contributed by atoms with van der Waals surface area (Å²) >= 11 is 1.43. The summed E-state index contributed by atoms with van der Waals surface area (Å²) in [6.45, 7) is 2.43. The fraction of sp³-hybridized carbons (Fsp3) is 0.158. The average molecular weight is 382 g/mol. The molecule has 8 heteroatoms. The third-order valence-corrected chi connectivity index (χ3v) is 4.41. The van der Waals surface area contributed by atoms with Crippen LogP contribution in [-0.2, 0) is 17.9 Å². The lowest BCUT2D eigenvalue weighted by Gasteiger charge is -2.08. The van der Waals surface area contributed by atoms with E-state index < -0.39 is 6.09 Å². The minimum atomic E-state index is -0.531. The number of carbonyl (C=O) groups excluding carboxylic acids is 2. The number of amides is 2. The second-order valence-electron chi connectivity index (χ2n) is 5.74. The van der Waals surface area contributed by atoms with Gasteiger partial charge in [0.25, 0.3) is 5.91 Å². The van der Waals surface area contributed by atoms with E-state index in [4.69, 9.17) is 4.74 Å². The van der Waals surface area contributed by atoms with Gasteiger partial charge >= 0.3 is 6.09 Å². The van der Waals surface area contributed by atoms with Gasteiger partial charge in [0.05, 0.1) is 16.0 Å². The number of benzene rings is 1. The van der Waals surface area contributed by atoms with Gasteiger partial charge in [0.1, 0.15) is 6.61 Å². The Balaban J connectivity index is 1.46. The topological polar surface area (TPSA) is 93.2 Å². The van der Waals surface area contributed by atoms with Crippen LogP contribution in [0.3, 0.4) is 0 Å². The number of nitrogens with zero attached hydrogens (tertiary/aromatic N) is 2. The molecule has 3 aromatic rings. The van der Waals surface area contributed by atoms with Gasteiger partial charge in [-0.05, 0) is 36.8 Å². The summed E-state index contributed by atoms with van der Waals surface area (Å²) in [5.74, 6) is -0.184. The smallest absolute Gasteiger partial charge is 0.411 e. The van der Waals surface area contributed by atoms with Crippen LogP contribution in [0.5, 0.6) is 0 Å². The zero-order valence-corrected chi connectivity index (χ0v) is 15.5. The Morgan fingerprint density at radius 1 is 1.11 bits per heavy atom. The van der Waals surface area contributed by atoms with E-state index in [2.05, 4.69) is 20.6 Å². The van der Waals surface area contributed by atoms with Gasteiger partial charge in [-0.1, -0.05) is 12.1 Å². The second-order valence-corrected chi connectivity index (χ2v) is 6.71. The molecule has 2 amide bonds. The molecule has 2 aromatic heterocycles. The Morgan fingerprint density at radius 2 is 1.93 bits per heavy atom. The number of pyridine rings is 1. The van der Waals surface area contributed by atoms with Gasteiger partial charge in [-0.15, -0.1) is 11.3 Å². The molecule has 0 radical (unpaired) electrons. The molecular weight excluding hydrogens is 364 g/mol. The Labute approximate surface area is 160 Å². The molecule has 7 nitrogen and oxygen atoms in total. The normalized spacial score (nSPS) is 10.3.